The molecule has 2 rings (SSSR count). The van der Waals surface area contributed by atoms with Crippen molar-refractivity contribution >= 4 is 16.5 Å². The zero-order valence-corrected chi connectivity index (χ0v) is 12.6. The second kappa shape index (κ2) is 6.17. The predicted molar refractivity (Wildman–Crippen MR) is 82.7 cm³/mol. The molecule has 1 aromatic heterocycles. The van der Waals surface area contributed by atoms with E-state index in [1.54, 1.807) is 11.3 Å². The van der Waals surface area contributed by atoms with Gasteiger partial charge in [0.1, 0.15) is 0 Å². The van der Waals surface area contributed by atoms with Crippen molar-refractivity contribution in [2.75, 3.05) is 11.9 Å². The van der Waals surface area contributed by atoms with Crippen molar-refractivity contribution in [3.05, 3.63) is 46.0 Å². The van der Waals surface area contributed by atoms with Crippen LogP contribution in [0.25, 0.3) is 0 Å². The Balaban J connectivity index is 2.15. The number of hydrogen-bond acceptors (Lipinski definition) is 4. The Bertz CT molecular complexity index is 527. The number of aryl methyl sites for hydroxylation is 2. The summed E-state index contributed by atoms with van der Waals surface area (Å²) in [5.74, 6) is 0. The summed E-state index contributed by atoms with van der Waals surface area (Å²) in [6.07, 6.45) is 0.946. The maximum atomic E-state index is 5.76. The molecule has 0 spiro atoms. The second-order valence-corrected chi connectivity index (χ2v) is 5.83. The van der Waals surface area contributed by atoms with Crippen LogP contribution in [-0.4, -0.2) is 12.0 Å². The third kappa shape index (κ3) is 3.33. The third-order valence-electron chi connectivity index (χ3n) is 3.12. The number of nitrogens with zero attached hydrogens (tertiary/aromatic N) is 2. The number of thiazole rings is 1. The first-order valence-corrected chi connectivity index (χ1v) is 7.41. The molecule has 0 aliphatic carbocycles. The highest BCUT2D eigenvalue weighted by Gasteiger charge is 2.12. The Morgan fingerprint density at radius 3 is 2.74 bits per heavy atom. The number of anilines is 1. The molecular formula is C15H21N3S. The fourth-order valence-electron chi connectivity index (χ4n) is 2.12. The highest BCUT2D eigenvalue weighted by molar-refractivity contribution is 7.15. The summed E-state index contributed by atoms with van der Waals surface area (Å²) < 4.78 is 0. The van der Waals surface area contributed by atoms with Gasteiger partial charge < -0.3 is 10.6 Å². The van der Waals surface area contributed by atoms with Crippen molar-refractivity contribution in [2.45, 2.75) is 33.4 Å². The Morgan fingerprint density at radius 1 is 1.37 bits per heavy atom. The first-order valence-electron chi connectivity index (χ1n) is 6.59. The van der Waals surface area contributed by atoms with E-state index in [0.29, 0.717) is 6.54 Å². The normalized spacial score (nSPS) is 10.7. The van der Waals surface area contributed by atoms with Crippen LogP contribution in [0.5, 0.6) is 0 Å². The zero-order valence-electron chi connectivity index (χ0n) is 11.8. The number of rotatable bonds is 5. The van der Waals surface area contributed by atoms with E-state index in [2.05, 4.69) is 55.0 Å². The van der Waals surface area contributed by atoms with Crippen LogP contribution in [0.15, 0.2) is 24.3 Å². The van der Waals surface area contributed by atoms with Crippen molar-refractivity contribution < 1.29 is 0 Å². The molecule has 19 heavy (non-hydrogen) atoms. The molecule has 2 N–H and O–H groups in total. The molecule has 0 saturated heterocycles. The SMILES string of the molecule is CCc1nc(N(C)Cc2cccc(C)c2)sc1CN. The van der Waals surface area contributed by atoms with Crippen molar-refractivity contribution in [2.24, 2.45) is 5.73 Å². The van der Waals surface area contributed by atoms with Crippen molar-refractivity contribution in [3.8, 4) is 0 Å². The Hall–Kier alpha value is -1.39. The molecular weight excluding hydrogens is 254 g/mol. The molecule has 0 aliphatic rings. The molecule has 0 unspecified atom stereocenters. The number of hydrogen-bond donors (Lipinski definition) is 1. The van der Waals surface area contributed by atoms with Gasteiger partial charge in [-0.2, -0.15) is 0 Å². The van der Waals surface area contributed by atoms with Gasteiger partial charge in [0.25, 0.3) is 0 Å². The lowest BCUT2D eigenvalue weighted by Gasteiger charge is -2.16. The highest BCUT2D eigenvalue weighted by Crippen LogP contribution is 2.26. The van der Waals surface area contributed by atoms with Crippen LogP contribution >= 0.6 is 11.3 Å². The average molecular weight is 275 g/mol. The molecule has 0 fully saturated rings. The summed E-state index contributed by atoms with van der Waals surface area (Å²) in [7, 11) is 2.08. The van der Waals surface area contributed by atoms with E-state index in [4.69, 9.17) is 5.73 Å². The fourth-order valence-corrected chi connectivity index (χ4v) is 3.11. The van der Waals surface area contributed by atoms with Crippen LogP contribution in [0, 0.1) is 6.92 Å². The molecule has 0 bridgehead atoms. The van der Waals surface area contributed by atoms with Gasteiger partial charge in [-0.15, -0.1) is 11.3 Å². The van der Waals surface area contributed by atoms with Crippen LogP contribution < -0.4 is 10.6 Å². The molecule has 0 radical (unpaired) electrons. The van der Waals surface area contributed by atoms with Crippen LogP contribution in [0.4, 0.5) is 5.13 Å². The quantitative estimate of drug-likeness (QED) is 0.911. The van der Waals surface area contributed by atoms with Crippen LogP contribution in [0.2, 0.25) is 0 Å². The molecule has 3 nitrogen and oxygen atoms in total. The lowest BCUT2D eigenvalue weighted by atomic mass is 10.1. The molecule has 0 saturated carbocycles. The Labute approximate surface area is 119 Å². The van der Waals surface area contributed by atoms with Crippen LogP contribution in [0.3, 0.4) is 0 Å². The van der Waals surface area contributed by atoms with Crippen molar-refractivity contribution in [1.29, 1.82) is 0 Å². The maximum absolute atomic E-state index is 5.76. The molecule has 1 heterocycles. The second-order valence-electron chi connectivity index (χ2n) is 4.77. The topological polar surface area (TPSA) is 42.2 Å². The largest absolute Gasteiger partial charge is 0.347 e. The molecule has 102 valence electrons. The number of aromatic nitrogens is 1. The summed E-state index contributed by atoms with van der Waals surface area (Å²) in [5.41, 5.74) is 9.51. The lowest BCUT2D eigenvalue weighted by Crippen LogP contribution is -2.16. The minimum absolute atomic E-state index is 0.582. The monoisotopic (exact) mass is 275 g/mol. The average Bonchev–Trinajstić information content (AvgIpc) is 2.82. The van der Waals surface area contributed by atoms with Gasteiger partial charge in [-0.3, -0.25) is 0 Å². The maximum Gasteiger partial charge on any atom is 0.185 e. The van der Waals surface area contributed by atoms with E-state index in [9.17, 15) is 0 Å². The molecule has 2 aromatic rings. The summed E-state index contributed by atoms with van der Waals surface area (Å²) in [5, 5.41) is 1.05. The first kappa shape index (κ1) is 14.0. The van der Waals surface area contributed by atoms with Crippen LogP contribution in [0.1, 0.15) is 28.6 Å². The van der Waals surface area contributed by atoms with E-state index >= 15 is 0 Å². The van der Waals surface area contributed by atoms with Gasteiger partial charge in [-0.25, -0.2) is 4.98 Å². The summed E-state index contributed by atoms with van der Waals surface area (Å²) in [6.45, 7) is 5.70. The molecule has 0 amide bonds. The fraction of sp³-hybridized carbons (Fsp3) is 0.400. The summed E-state index contributed by atoms with van der Waals surface area (Å²) in [4.78, 5) is 8.08. The standard InChI is InChI=1S/C15H21N3S/c1-4-13-14(9-16)19-15(17-13)18(3)10-12-7-5-6-11(2)8-12/h5-8H,4,9-10,16H2,1-3H3. The van der Waals surface area contributed by atoms with Crippen molar-refractivity contribution in [3.63, 3.8) is 0 Å². The summed E-state index contributed by atoms with van der Waals surface area (Å²) >= 11 is 1.71. The lowest BCUT2D eigenvalue weighted by molar-refractivity contribution is 0.899. The van der Waals surface area contributed by atoms with Gasteiger partial charge in [-0.05, 0) is 18.9 Å². The van der Waals surface area contributed by atoms with E-state index in [1.165, 1.54) is 16.0 Å². The third-order valence-corrected chi connectivity index (χ3v) is 4.35. The van der Waals surface area contributed by atoms with Gasteiger partial charge in [0.2, 0.25) is 0 Å². The molecule has 0 atom stereocenters. The Morgan fingerprint density at radius 2 is 2.16 bits per heavy atom. The Kier molecular flexibility index (Phi) is 4.56. The minimum atomic E-state index is 0.582. The summed E-state index contributed by atoms with van der Waals surface area (Å²) in [6, 6.07) is 8.59. The van der Waals surface area contributed by atoms with Gasteiger partial charge in [0, 0.05) is 25.0 Å². The van der Waals surface area contributed by atoms with Gasteiger partial charge in [0.05, 0.1) is 5.69 Å². The van der Waals surface area contributed by atoms with Crippen LogP contribution in [-0.2, 0) is 19.5 Å². The van der Waals surface area contributed by atoms with Gasteiger partial charge >= 0.3 is 0 Å². The minimum Gasteiger partial charge on any atom is -0.347 e. The zero-order chi connectivity index (χ0) is 13.8. The first-order chi connectivity index (χ1) is 9.13. The van der Waals surface area contributed by atoms with E-state index in [1.807, 2.05) is 0 Å². The predicted octanol–water partition coefficient (Wildman–Crippen LogP) is 3.11. The van der Waals surface area contributed by atoms with E-state index in [-0.39, 0.29) is 0 Å². The van der Waals surface area contributed by atoms with Crippen molar-refractivity contribution in [1.82, 2.24) is 4.98 Å². The van der Waals surface area contributed by atoms with Gasteiger partial charge in [0.15, 0.2) is 5.13 Å². The molecule has 0 aliphatic heterocycles. The van der Waals surface area contributed by atoms with E-state index < -0.39 is 0 Å². The highest BCUT2D eigenvalue weighted by atomic mass is 32.1. The molecule has 1 aromatic carbocycles. The number of benzene rings is 1. The smallest absolute Gasteiger partial charge is 0.185 e. The molecule has 4 heteroatoms. The van der Waals surface area contributed by atoms with Gasteiger partial charge in [-0.1, -0.05) is 36.8 Å². The van der Waals surface area contributed by atoms with E-state index in [0.717, 1.165) is 23.8 Å². The number of nitrogens with two attached hydrogens (primary N) is 1.